The predicted molar refractivity (Wildman–Crippen MR) is 89.2 cm³/mol. The van der Waals surface area contributed by atoms with Crippen LogP contribution in [0, 0.1) is 6.92 Å². The minimum absolute atomic E-state index is 0.0498. The first-order valence-electron chi connectivity index (χ1n) is 7.19. The number of hydrogen-bond donors (Lipinski definition) is 0. The number of para-hydroxylation sites is 1. The maximum atomic E-state index is 12.8. The van der Waals surface area contributed by atoms with Gasteiger partial charge in [0, 0.05) is 7.05 Å². The fraction of sp³-hybridized carbons (Fsp3) is 0.235. The molecule has 0 amide bonds. The van der Waals surface area contributed by atoms with Crippen molar-refractivity contribution >= 4 is 21.7 Å². The van der Waals surface area contributed by atoms with Gasteiger partial charge in [0.05, 0.1) is 22.8 Å². The molecule has 0 atom stereocenters. The Morgan fingerprint density at radius 3 is 2.48 bits per heavy atom. The number of carbonyl (C=O) groups is 1. The summed E-state index contributed by atoms with van der Waals surface area (Å²) in [6, 6.07) is 13.1. The van der Waals surface area contributed by atoms with E-state index in [0.29, 0.717) is 5.69 Å². The summed E-state index contributed by atoms with van der Waals surface area (Å²) in [6.45, 7) is 3.78. The Morgan fingerprint density at radius 2 is 1.83 bits per heavy atom. The first-order chi connectivity index (χ1) is 10.9. The first kappa shape index (κ1) is 17.0. The zero-order valence-electron chi connectivity index (χ0n) is 13.3. The molecule has 0 heterocycles. The summed E-state index contributed by atoms with van der Waals surface area (Å²) >= 11 is 0. The number of esters is 1. The number of hydrogen-bond acceptors (Lipinski definition) is 4. The lowest BCUT2D eigenvalue weighted by Gasteiger charge is -2.21. The van der Waals surface area contributed by atoms with E-state index in [0.717, 1.165) is 5.56 Å². The summed E-state index contributed by atoms with van der Waals surface area (Å²) in [5.41, 5.74) is 1.65. The van der Waals surface area contributed by atoms with Gasteiger partial charge in [-0.1, -0.05) is 24.3 Å². The van der Waals surface area contributed by atoms with E-state index in [1.165, 1.54) is 35.6 Å². The SMILES string of the molecule is CCOC(=O)c1cccc(S(=O)(=O)N(C)c2ccccc2C)c1. The zero-order chi connectivity index (χ0) is 17.0. The molecule has 0 N–H and O–H groups in total. The minimum Gasteiger partial charge on any atom is -0.462 e. The Hall–Kier alpha value is -2.34. The molecule has 0 radical (unpaired) electrons. The summed E-state index contributed by atoms with van der Waals surface area (Å²) in [7, 11) is -2.27. The van der Waals surface area contributed by atoms with Crippen molar-refractivity contribution in [3.63, 3.8) is 0 Å². The van der Waals surface area contributed by atoms with Gasteiger partial charge in [-0.05, 0) is 43.7 Å². The summed E-state index contributed by atoms with van der Waals surface area (Å²) in [4.78, 5) is 11.8. The molecule has 0 bridgehead atoms. The van der Waals surface area contributed by atoms with E-state index in [4.69, 9.17) is 4.74 Å². The lowest BCUT2D eigenvalue weighted by molar-refractivity contribution is 0.0526. The van der Waals surface area contributed by atoms with Gasteiger partial charge in [-0.2, -0.15) is 0 Å². The van der Waals surface area contributed by atoms with Crippen LogP contribution in [0.4, 0.5) is 5.69 Å². The number of ether oxygens (including phenoxy) is 1. The third kappa shape index (κ3) is 3.53. The molecule has 5 nitrogen and oxygen atoms in total. The largest absolute Gasteiger partial charge is 0.462 e. The van der Waals surface area contributed by atoms with Gasteiger partial charge in [0.1, 0.15) is 0 Å². The van der Waals surface area contributed by atoms with Gasteiger partial charge in [0.15, 0.2) is 0 Å². The van der Waals surface area contributed by atoms with Crippen LogP contribution in [0.1, 0.15) is 22.8 Å². The molecular weight excluding hydrogens is 314 g/mol. The molecule has 6 heteroatoms. The van der Waals surface area contributed by atoms with Crippen LogP contribution in [0.15, 0.2) is 53.4 Å². The Bertz CT molecular complexity index is 815. The molecular formula is C17H19NO4S. The molecule has 0 unspecified atom stereocenters. The van der Waals surface area contributed by atoms with E-state index in [1.54, 1.807) is 19.1 Å². The predicted octanol–water partition coefficient (Wildman–Crippen LogP) is 3.00. The van der Waals surface area contributed by atoms with Crippen LogP contribution in [0.25, 0.3) is 0 Å². The van der Waals surface area contributed by atoms with Crippen LogP contribution in [0.3, 0.4) is 0 Å². The molecule has 0 spiro atoms. The van der Waals surface area contributed by atoms with Gasteiger partial charge in [0.2, 0.25) is 0 Å². The van der Waals surface area contributed by atoms with Crippen molar-refractivity contribution in [2.24, 2.45) is 0 Å². The van der Waals surface area contributed by atoms with Crippen molar-refractivity contribution in [3.05, 3.63) is 59.7 Å². The van der Waals surface area contributed by atoms with E-state index < -0.39 is 16.0 Å². The van der Waals surface area contributed by atoms with Crippen molar-refractivity contribution in [2.75, 3.05) is 18.0 Å². The molecule has 23 heavy (non-hydrogen) atoms. The summed E-state index contributed by atoms with van der Waals surface area (Å²) in [5, 5.41) is 0. The summed E-state index contributed by atoms with van der Waals surface area (Å²) in [6.07, 6.45) is 0. The lowest BCUT2D eigenvalue weighted by atomic mass is 10.2. The molecule has 0 aliphatic heterocycles. The number of sulfonamides is 1. The summed E-state index contributed by atoms with van der Waals surface area (Å²) in [5.74, 6) is -0.539. The number of rotatable bonds is 5. The van der Waals surface area contributed by atoms with Crippen molar-refractivity contribution in [1.29, 1.82) is 0 Å². The van der Waals surface area contributed by atoms with Gasteiger partial charge in [-0.3, -0.25) is 4.31 Å². The second-order valence-corrected chi connectivity index (χ2v) is 6.98. The highest BCUT2D eigenvalue weighted by molar-refractivity contribution is 7.92. The number of nitrogens with zero attached hydrogens (tertiary/aromatic N) is 1. The maximum Gasteiger partial charge on any atom is 0.338 e. The zero-order valence-corrected chi connectivity index (χ0v) is 14.1. The van der Waals surface area contributed by atoms with Crippen LogP contribution < -0.4 is 4.31 Å². The average Bonchev–Trinajstić information content (AvgIpc) is 2.55. The number of aryl methyl sites for hydroxylation is 1. The highest BCUT2D eigenvalue weighted by atomic mass is 32.2. The second kappa shape index (κ2) is 6.83. The molecule has 2 aromatic rings. The van der Waals surface area contributed by atoms with Crippen LogP contribution in [-0.4, -0.2) is 28.0 Å². The smallest absolute Gasteiger partial charge is 0.338 e. The van der Waals surface area contributed by atoms with Crippen molar-refractivity contribution < 1.29 is 17.9 Å². The standard InChI is InChI=1S/C17H19NO4S/c1-4-22-17(19)14-9-7-10-15(12-14)23(20,21)18(3)16-11-6-5-8-13(16)2/h5-12H,4H2,1-3H3. The fourth-order valence-corrected chi connectivity index (χ4v) is 3.51. The molecule has 0 saturated carbocycles. The van der Waals surface area contributed by atoms with E-state index in [2.05, 4.69) is 0 Å². The monoisotopic (exact) mass is 333 g/mol. The molecule has 0 aliphatic rings. The highest BCUT2D eigenvalue weighted by Crippen LogP contribution is 2.25. The minimum atomic E-state index is -3.76. The van der Waals surface area contributed by atoms with Gasteiger partial charge in [-0.25, -0.2) is 13.2 Å². The van der Waals surface area contributed by atoms with E-state index in [1.807, 2.05) is 19.1 Å². The number of anilines is 1. The molecule has 0 aromatic heterocycles. The molecule has 0 fully saturated rings. The Balaban J connectivity index is 2.42. The van der Waals surface area contributed by atoms with Gasteiger partial charge >= 0.3 is 5.97 Å². The van der Waals surface area contributed by atoms with Crippen LogP contribution in [0.5, 0.6) is 0 Å². The molecule has 122 valence electrons. The van der Waals surface area contributed by atoms with Gasteiger partial charge in [0.25, 0.3) is 10.0 Å². The van der Waals surface area contributed by atoms with Crippen molar-refractivity contribution in [3.8, 4) is 0 Å². The quantitative estimate of drug-likeness (QED) is 0.789. The van der Waals surface area contributed by atoms with E-state index in [9.17, 15) is 13.2 Å². The maximum absolute atomic E-state index is 12.8. The summed E-state index contributed by atoms with van der Waals surface area (Å²) < 4.78 is 31.7. The fourth-order valence-electron chi connectivity index (χ4n) is 2.20. The van der Waals surface area contributed by atoms with Gasteiger partial charge < -0.3 is 4.74 Å². The average molecular weight is 333 g/mol. The van der Waals surface area contributed by atoms with Crippen LogP contribution in [-0.2, 0) is 14.8 Å². The number of carbonyl (C=O) groups excluding carboxylic acids is 1. The highest BCUT2D eigenvalue weighted by Gasteiger charge is 2.23. The molecule has 0 saturated heterocycles. The topological polar surface area (TPSA) is 63.7 Å². The van der Waals surface area contributed by atoms with Crippen LogP contribution >= 0.6 is 0 Å². The first-order valence-corrected chi connectivity index (χ1v) is 8.63. The van der Waals surface area contributed by atoms with Gasteiger partial charge in [-0.15, -0.1) is 0 Å². The van der Waals surface area contributed by atoms with Crippen LogP contribution in [0.2, 0.25) is 0 Å². The molecule has 2 aromatic carbocycles. The molecule has 2 rings (SSSR count). The normalized spacial score (nSPS) is 11.1. The lowest BCUT2D eigenvalue weighted by Crippen LogP contribution is -2.27. The van der Waals surface area contributed by atoms with Crippen molar-refractivity contribution in [1.82, 2.24) is 0 Å². The Morgan fingerprint density at radius 1 is 1.13 bits per heavy atom. The van der Waals surface area contributed by atoms with E-state index in [-0.39, 0.29) is 17.1 Å². The Kier molecular flexibility index (Phi) is 5.05. The van der Waals surface area contributed by atoms with E-state index >= 15 is 0 Å². The second-order valence-electron chi connectivity index (χ2n) is 5.01. The number of benzene rings is 2. The Labute approximate surface area is 136 Å². The third-order valence-corrected chi connectivity index (χ3v) is 5.23. The molecule has 0 aliphatic carbocycles. The van der Waals surface area contributed by atoms with Crippen molar-refractivity contribution in [2.45, 2.75) is 18.7 Å². The third-order valence-electron chi connectivity index (χ3n) is 3.46.